The lowest BCUT2D eigenvalue weighted by Gasteiger charge is -2.08. The van der Waals surface area contributed by atoms with Crippen LogP contribution in [-0.2, 0) is 4.74 Å². The Hall–Kier alpha value is -2.60. The average Bonchev–Trinajstić information content (AvgIpc) is 2.60. The van der Waals surface area contributed by atoms with Gasteiger partial charge >= 0.3 is 0 Å². The Labute approximate surface area is 135 Å². The molecule has 122 valence electrons. The van der Waals surface area contributed by atoms with Gasteiger partial charge in [0.15, 0.2) is 0 Å². The smallest absolute Gasteiger partial charge is 0.256 e. The second-order valence-electron chi connectivity index (χ2n) is 4.89. The van der Waals surface area contributed by atoms with Crippen LogP contribution in [0.4, 0.5) is 11.5 Å². The van der Waals surface area contributed by atoms with Crippen molar-refractivity contribution in [3.8, 4) is 5.75 Å². The van der Waals surface area contributed by atoms with E-state index >= 15 is 0 Å². The van der Waals surface area contributed by atoms with Crippen molar-refractivity contribution in [2.45, 2.75) is 6.42 Å². The highest BCUT2D eigenvalue weighted by Crippen LogP contribution is 2.15. The van der Waals surface area contributed by atoms with Crippen LogP contribution in [0.25, 0.3) is 0 Å². The van der Waals surface area contributed by atoms with Crippen molar-refractivity contribution in [3.63, 3.8) is 0 Å². The summed E-state index contributed by atoms with van der Waals surface area (Å²) in [4.78, 5) is 16.4. The maximum atomic E-state index is 12.2. The Balaban J connectivity index is 1.90. The largest absolute Gasteiger partial charge is 0.497 e. The van der Waals surface area contributed by atoms with Gasteiger partial charge in [0.1, 0.15) is 11.6 Å². The van der Waals surface area contributed by atoms with Gasteiger partial charge in [0.25, 0.3) is 5.91 Å². The molecule has 0 aliphatic carbocycles. The van der Waals surface area contributed by atoms with Crippen molar-refractivity contribution in [3.05, 3.63) is 48.2 Å². The summed E-state index contributed by atoms with van der Waals surface area (Å²) in [5.41, 5.74) is 1.42. The number of methoxy groups -OCH3 is 2. The zero-order valence-electron chi connectivity index (χ0n) is 13.3. The lowest BCUT2D eigenvalue weighted by atomic mass is 10.2. The number of anilines is 2. The first-order valence-corrected chi connectivity index (χ1v) is 7.37. The first-order valence-electron chi connectivity index (χ1n) is 7.37. The highest BCUT2D eigenvalue weighted by atomic mass is 16.5. The highest BCUT2D eigenvalue weighted by Gasteiger charge is 2.07. The van der Waals surface area contributed by atoms with E-state index < -0.39 is 0 Å². The molecule has 0 aliphatic rings. The number of nitrogens with zero attached hydrogens (tertiary/aromatic N) is 1. The summed E-state index contributed by atoms with van der Waals surface area (Å²) in [6, 6.07) is 10.6. The summed E-state index contributed by atoms with van der Waals surface area (Å²) in [5, 5.41) is 5.99. The lowest BCUT2D eigenvalue weighted by Crippen LogP contribution is -2.13. The van der Waals surface area contributed by atoms with Crippen LogP contribution in [0, 0.1) is 0 Å². The minimum absolute atomic E-state index is 0.225. The minimum atomic E-state index is -0.225. The van der Waals surface area contributed by atoms with E-state index in [-0.39, 0.29) is 5.91 Å². The van der Waals surface area contributed by atoms with Gasteiger partial charge in [-0.25, -0.2) is 4.98 Å². The second kappa shape index (κ2) is 8.75. The molecule has 0 saturated heterocycles. The molecular weight excluding hydrogens is 294 g/mol. The van der Waals surface area contributed by atoms with Crippen LogP contribution < -0.4 is 15.4 Å². The molecule has 1 heterocycles. The summed E-state index contributed by atoms with van der Waals surface area (Å²) in [5.74, 6) is 0.915. The molecular formula is C17H21N3O3. The molecule has 0 radical (unpaired) electrons. The number of rotatable bonds is 8. The van der Waals surface area contributed by atoms with E-state index in [4.69, 9.17) is 9.47 Å². The Morgan fingerprint density at radius 3 is 2.78 bits per heavy atom. The van der Waals surface area contributed by atoms with E-state index in [1.54, 1.807) is 50.7 Å². The van der Waals surface area contributed by atoms with Crippen LogP contribution in [0.3, 0.4) is 0 Å². The highest BCUT2D eigenvalue weighted by molar-refractivity contribution is 6.04. The third-order valence-electron chi connectivity index (χ3n) is 3.19. The molecule has 1 aromatic heterocycles. The van der Waals surface area contributed by atoms with Gasteiger partial charge < -0.3 is 20.1 Å². The van der Waals surface area contributed by atoms with E-state index in [2.05, 4.69) is 15.6 Å². The van der Waals surface area contributed by atoms with Crippen LogP contribution in [0.2, 0.25) is 0 Å². The normalized spacial score (nSPS) is 10.2. The van der Waals surface area contributed by atoms with Crippen molar-refractivity contribution in [2.75, 3.05) is 38.0 Å². The first kappa shape index (κ1) is 16.8. The van der Waals surface area contributed by atoms with Crippen molar-refractivity contribution < 1.29 is 14.3 Å². The number of aromatic nitrogens is 1. The van der Waals surface area contributed by atoms with Gasteiger partial charge in [0.05, 0.1) is 19.0 Å². The number of carbonyl (C=O) groups excluding carboxylic acids is 1. The molecule has 23 heavy (non-hydrogen) atoms. The predicted octanol–water partition coefficient (Wildman–Crippen LogP) is 2.79. The van der Waals surface area contributed by atoms with Gasteiger partial charge in [-0.3, -0.25) is 4.79 Å². The number of pyridine rings is 1. The van der Waals surface area contributed by atoms with Gasteiger partial charge in [-0.2, -0.15) is 0 Å². The number of ether oxygens (including phenoxy) is 2. The number of benzene rings is 1. The molecule has 6 heteroatoms. The van der Waals surface area contributed by atoms with Crippen LogP contribution in [0.1, 0.15) is 16.8 Å². The van der Waals surface area contributed by atoms with Crippen molar-refractivity contribution in [1.82, 2.24) is 4.98 Å². The fourth-order valence-corrected chi connectivity index (χ4v) is 1.97. The molecule has 1 aromatic carbocycles. The Morgan fingerprint density at radius 1 is 1.22 bits per heavy atom. The first-order chi connectivity index (χ1) is 11.2. The topological polar surface area (TPSA) is 72.5 Å². The summed E-state index contributed by atoms with van der Waals surface area (Å²) < 4.78 is 10.1. The number of hydrogen-bond donors (Lipinski definition) is 2. The zero-order valence-corrected chi connectivity index (χ0v) is 13.3. The molecule has 0 spiro atoms. The number of carbonyl (C=O) groups is 1. The lowest BCUT2D eigenvalue weighted by molar-refractivity contribution is 0.102. The third-order valence-corrected chi connectivity index (χ3v) is 3.19. The van der Waals surface area contributed by atoms with Gasteiger partial charge in [-0.15, -0.1) is 0 Å². The predicted molar refractivity (Wildman–Crippen MR) is 90.2 cm³/mol. The van der Waals surface area contributed by atoms with Gasteiger partial charge in [0.2, 0.25) is 0 Å². The molecule has 0 atom stereocenters. The fourth-order valence-electron chi connectivity index (χ4n) is 1.97. The van der Waals surface area contributed by atoms with Crippen LogP contribution in [-0.4, -0.2) is 38.3 Å². The molecule has 2 N–H and O–H groups in total. The quantitative estimate of drug-likeness (QED) is 0.733. The van der Waals surface area contributed by atoms with Crippen LogP contribution >= 0.6 is 0 Å². The average molecular weight is 315 g/mol. The summed E-state index contributed by atoms with van der Waals surface area (Å²) in [6.45, 7) is 1.53. The van der Waals surface area contributed by atoms with E-state index in [0.717, 1.165) is 25.3 Å². The number of hydrogen-bond acceptors (Lipinski definition) is 5. The molecule has 2 rings (SSSR count). The Morgan fingerprint density at radius 2 is 2.09 bits per heavy atom. The number of amides is 1. The Kier molecular flexibility index (Phi) is 6.38. The van der Waals surface area contributed by atoms with Gasteiger partial charge in [-0.1, -0.05) is 6.07 Å². The van der Waals surface area contributed by atoms with E-state index in [9.17, 15) is 4.79 Å². The maximum absolute atomic E-state index is 12.2. The zero-order chi connectivity index (χ0) is 16.5. The molecule has 0 bridgehead atoms. The van der Waals surface area contributed by atoms with Crippen molar-refractivity contribution in [2.24, 2.45) is 0 Å². The Bertz CT molecular complexity index is 629. The molecule has 2 aromatic rings. The maximum Gasteiger partial charge on any atom is 0.256 e. The van der Waals surface area contributed by atoms with Gasteiger partial charge in [-0.05, 0) is 36.8 Å². The van der Waals surface area contributed by atoms with Crippen molar-refractivity contribution in [1.29, 1.82) is 0 Å². The SMILES string of the molecule is COCCCNc1ccc(NC(=O)c2cccc(OC)c2)nc1. The molecule has 1 amide bonds. The fraction of sp³-hybridized carbons (Fsp3) is 0.294. The monoisotopic (exact) mass is 315 g/mol. The van der Waals surface area contributed by atoms with Crippen LogP contribution in [0.5, 0.6) is 5.75 Å². The standard InChI is InChI=1S/C17H21N3O3/c1-22-10-4-9-18-14-7-8-16(19-12-14)20-17(21)13-5-3-6-15(11-13)23-2/h3,5-8,11-12,18H,4,9-10H2,1-2H3,(H,19,20,21). The van der Waals surface area contributed by atoms with Crippen LogP contribution in [0.15, 0.2) is 42.6 Å². The molecule has 0 saturated carbocycles. The third kappa shape index (κ3) is 5.27. The van der Waals surface area contributed by atoms with Crippen molar-refractivity contribution >= 4 is 17.4 Å². The molecule has 6 nitrogen and oxygen atoms in total. The summed E-state index contributed by atoms with van der Waals surface area (Å²) in [6.07, 6.45) is 2.61. The summed E-state index contributed by atoms with van der Waals surface area (Å²) >= 11 is 0. The number of nitrogens with one attached hydrogen (secondary N) is 2. The van der Waals surface area contributed by atoms with E-state index in [0.29, 0.717) is 17.1 Å². The molecule has 0 aliphatic heterocycles. The molecule has 0 unspecified atom stereocenters. The van der Waals surface area contributed by atoms with E-state index in [1.807, 2.05) is 6.07 Å². The van der Waals surface area contributed by atoms with E-state index in [1.165, 1.54) is 0 Å². The summed E-state index contributed by atoms with van der Waals surface area (Å²) in [7, 11) is 3.25. The van der Waals surface area contributed by atoms with Gasteiger partial charge in [0, 0.05) is 25.8 Å². The molecule has 0 fully saturated rings. The second-order valence-corrected chi connectivity index (χ2v) is 4.89. The minimum Gasteiger partial charge on any atom is -0.497 e.